The van der Waals surface area contributed by atoms with E-state index in [0.29, 0.717) is 6.04 Å². The summed E-state index contributed by atoms with van der Waals surface area (Å²) in [6.07, 6.45) is 1.08. The van der Waals surface area contributed by atoms with Crippen molar-refractivity contribution in [3.63, 3.8) is 0 Å². The SMILES string of the molecule is CC(C)CCN1CCN(C(C)[C@@H](C)O)CC1. The Labute approximate surface area is 100 Å². The summed E-state index contributed by atoms with van der Waals surface area (Å²) < 4.78 is 0. The molecular formula is C13H28N2O. The molecule has 0 aromatic heterocycles. The van der Waals surface area contributed by atoms with E-state index in [-0.39, 0.29) is 6.10 Å². The summed E-state index contributed by atoms with van der Waals surface area (Å²) in [6, 6.07) is 0.298. The first-order valence-electron chi connectivity index (χ1n) is 6.65. The highest BCUT2D eigenvalue weighted by Crippen LogP contribution is 2.10. The predicted octanol–water partition coefficient (Wildman–Crippen LogP) is 1.42. The van der Waals surface area contributed by atoms with Gasteiger partial charge in [0.25, 0.3) is 0 Å². The maximum atomic E-state index is 9.56. The van der Waals surface area contributed by atoms with Crippen LogP contribution in [0, 0.1) is 5.92 Å². The Morgan fingerprint density at radius 3 is 2.00 bits per heavy atom. The first kappa shape index (κ1) is 13.9. The lowest BCUT2D eigenvalue weighted by Gasteiger charge is -2.39. The third kappa shape index (κ3) is 4.40. The van der Waals surface area contributed by atoms with Gasteiger partial charge in [-0.05, 0) is 32.7 Å². The van der Waals surface area contributed by atoms with Gasteiger partial charge in [0.1, 0.15) is 0 Å². The predicted molar refractivity (Wildman–Crippen MR) is 68.6 cm³/mol. The third-order valence-corrected chi connectivity index (χ3v) is 3.70. The lowest BCUT2D eigenvalue weighted by atomic mass is 10.1. The average Bonchev–Trinajstić information content (AvgIpc) is 2.26. The fourth-order valence-electron chi connectivity index (χ4n) is 2.14. The van der Waals surface area contributed by atoms with E-state index in [1.165, 1.54) is 13.0 Å². The zero-order valence-electron chi connectivity index (χ0n) is 11.3. The monoisotopic (exact) mass is 228 g/mol. The summed E-state index contributed by atoms with van der Waals surface area (Å²) in [5, 5.41) is 9.56. The van der Waals surface area contributed by atoms with Crippen LogP contribution < -0.4 is 0 Å². The molecule has 0 aromatic rings. The van der Waals surface area contributed by atoms with Crippen molar-refractivity contribution in [2.24, 2.45) is 5.92 Å². The highest BCUT2D eigenvalue weighted by molar-refractivity contribution is 4.78. The van der Waals surface area contributed by atoms with Gasteiger partial charge >= 0.3 is 0 Å². The molecule has 3 nitrogen and oxygen atoms in total. The number of rotatable bonds is 5. The quantitative estimate of drug-likeness (QED) is 0.771. The largest absolute Gasteiger partial charge is 0.392 e. The number of piperazine rings is 1. The maximum absolute atomic E-state index is 9.56. The zero-order valence-corrected chi connectivity index (χ0v) is 11.3. The summed E-state index contributed by atoms with van der Waals surface area (Å²) in [5.74, 6) is 0.800. The number of aliphatic hydroxyl groups is 1. The van der Waals surface area contributed by atoms with Gasteiger partial charge in [0.2, 0.25) is 0 Å². The van der Waals surface area contributed by atoms with Crippen LogP contribution in [0.1, 0.15) is 34.1 Å². The van der Waals surface area contributed by atoms with Gasteiger partial charge in [-0.3, -0.25) is 4.90 Å². The first-order valence-corrected chi connectivity index (χ1v) is 6.65. The Hall–Kier alpha value is -0.120. The average molecular weight is 228 g/mol. The second kappa shape index (κ2) is 6.58. The van der Waals surface area contributed by atoms with Crippen molar-refractivity contribution < 1.29 is 5.11 Å². The van der Waals surface area contributed by atoms with Gasteiger partial charge in [0, 0.05) is 32.2 Å². The van der Waals surface area contributed by atoms with Crippen LogP contribution in [0.25, 0.3) is 0 Å². The molecule has 0 aromatic carbocycles. The highest BCUT2D eigenvalue weighted by Gasteiger charge is 2.23. The summed E-state index contributed by atoms with van der Waals surface area (Å²) in [7, 11) is 0. The second-order valence-electron chi connectivity index (χ2n) is 5.54. The number of hydrogen-bond donors (Lipinski definition) is 1. The zero-order chi connectivity index (χ0) is 12.1. The Balaban J connectivity index is 2.23. The van der Waals surface area contributed by atoms with Gasteiger partial charge in [-0.15, -0.1) is 0 Å². The number of hydrogen-bond acceptors (Lipinski definition) is 3. The van der Waals surface area contributed by atoms with Crippen molar-refractivity contribution in [1.29, 1.82) is 0 Å². The van der Waals surface area contributed by atoms with Gasteiger partial charge in [-0.2, -0.15) is 0 Å². The minimum absolute atomic E-state index is 0.220. The van der Waals surface area contributed by atoms with Crippen LogP contribution >= 0.6 is 0 Å². The fourth-order valence-corrected chi connectivity index (χ4v) is 2.14. The van der Waals surface area contributed by atoms with Crippen molar-refractivity contribution in [3.05, 3.63) is 0 Å². The molecule has 1 saturated heterocycles. The Bertz CT molecular complexity index is 186. The van der Waals surface area contributed by atoms with E-state index >= 15 is 0 Å². The topological polar surface area (TPSA) is 26.7 Å². The highest BCUT2D eigenvalue weighted by atomic mass is 16.3. The summed E-state index contributed by atoms with van der Waals surface area (Å²) >= 11 is 0. The Kier molecular flexibility index (Phi) is 5.73. The molecule has 1 rings (SSSR count). The smallest absolute Gasteiger partial charge is 0.0664 e. The molecule has 1 unspecified atom stereocenters. The van der Waals surface area contributed by atoms with E-state index in [1.807, 2.05) is 6.92 Å². The minimum atomic E-state index is -0.220. The molecule has 0 amide bonds. The van der Waals surface area contributed by atoms with Gasteiger partial charge < -0.3 is 10.0 Å². The molecule has 1 fully saturated rings. The van der Waals surface area contributed by atoms with E-state index in [4.69, 9.17) is 0 Å². The van der Waals surface area contributed by atoms with Gasteiger partial charge in [0.05, 0.1) is 6.10 Å². The molecule has 0 aliphatic carbocycles. The molecule has 1 heterocycles. The maximum Gasteiger partial charge on any atom is 0.0664 e. The molecule has 0 radical (unpaired) electrons. The van der Waals surface area contributed by atoms with E-state index in [0.717, 1.165) is 32.1 Å². The van der Waals surface area contributed by atoms with Gasteiger partial charge in [0.15, 0.2) is 0 Å². The van der Waals surface area contributed by atoms with Crippen LogP contribution in [0.5, 0.6) is 0 Å². The van der Waals surface area contributed by atoms with E-state index in [2.05, 4.69) is 30.6 Å². The summed E-state index contributed by atoms with van der Waals surface area (Å²) in [5.41, 5.74) is 0. The number of nitrogens with zero attached hydrogens (tertiary/aromatic N) is 2. The Morgan fingerprint density at radius 2 is 1.56 bits per heavy atom. The Morgan fingerprint density at radius 1 is 1.00 bits per heavy atom. The van der Waals surface area contributed by atoms with E-state index in [1.54, 1.807) is 0 Å². The molecular weight excluding hydrogens is 200 g/mol. The van der Waals surface area contributed by atoms with Crippen molar-refractivity contribution in [2.45, 2.75) is 46.3 Å². The van der Waals surface area contributed by atoms with E-state index in [9.17, 15) is 5.11 Å². The minimum Gasteiger partial charge on any atom is -0.392 e. The van der Waals surface area contributed by atoms with Gasteiger partial charge in [-0.1, -0.05) is 13.8 Å². The van der Waals surface area contributed by atoms with Gasteiger partial charge in [-0.25, -0.2) is 0 Å². The third-order valence-electron chi connectivity index (χ3n) is 3.70. The molecule has 1 aliphatic heterocycles. The fraction of sp³-hybridized carbons (Fsp3) is 1.00. The van der Waals surface area contributed by atoms with Crippen LogP contribution in [-0.4, -0.2) is 59.8 Å². The molecule has 2 atom stereocenters. The molecule has 16 heavy (non-hydrogen) atoms. The van der Waals surface area contributed by atoms with E-state index < -0.39 is 0 Å². The van der Waals surface area contributed by atoms with Crippen molar-refractivity contribution >= 4 is 0 Å². The molecule has 96 valence electrons. The van der Waals surface area contributed by atoms with Crippen LogP contribution in [0.2, 0.25) is 0 Å². The lowest BCUT2D eigenvalue weighted by Crippen LogP contribution is -2.52. The molecule has 1 N–H and O–H groups in total. The summed E-state index contributed by atoms with van der Waals surface area (Å²) in [4.78, 5) is 4.95. The van der Waals surface area contributed by atoms with Crippen LogP contribution in [0.15, 0.2) is 0 Å². The van der Waals surface area contributed by atoms with Crippen molar-refractivity contribution in [3.8, 4) is 0 Å². The molecule has 0 saturated carbocycles. The van der Waals surface area contributed by atoms with Crippen LogP contribution in [0.3, 0.4) is 0 Å². The standard InChI is InChI=1S/C13H28N2O/c1-11(2)5-6-14-7-9-15(10-8-14)12(3)13(4)16/h11-13,16H,5-10H2,1-4H3/t12?,13-/m1/s1. The molecule has 3 heteroatoms. The van der Waals surface area contributed by atoms with Crippen molar-refractivity contribution in [2.75, 3.05) is 32.7 Å². The lowest BCUT2D eigenvalue weighted by molar-refractivity contribution is 0.0346. The number of aliphatic hydroxyl groups excluding tert-OH is 1. The normalized spacial score (nSPS) is 23.6. The van der Waals surface area contributed by atoms with Crippen LogP contribution in [-0.2, 0) is 0 Å². The van der Waals surface area contributed by atoms with Crippen molar-refractivity contribution in [1.82, 2.24) is 9.80 Å². The second-order valence-corrected chi connectivity index (χ2v) is 5.54. The van der Waals surface area contributed by atoms with Crippen LogP contribution in [0.4, 0.5) is 0 Å². The molecule has 0 spiro atoms. The first-order chi connectivity index (χ1) is 7.50. The summed E-state index contributed by atoms with van der Waals surface area (Å²) in [6.45, 7) is 14.3. The molecule has 1 aliphatic rings. The molecule has 0 bridgehead atoms.